The Kier molecular flexibility index (Phi) is 5.99. The van der Waals surface area contributed by atoms with Gasteiger partial charge in [0.05, 0.1) is 4.88 Å². The number of hydrogen-bond acceptors (Lipinski definition) is 2. The van der Waals surface area contributed by atoms with Gasteiger partial charge in [-0.2, -0.15) is 0 Å². The second-order valence-electron chi connectivity index (χ2n) is 5.57. The molecule has 1 heterocycles. The Labute approximate surface area is 156 Å². The lowest BCUT2D eigenvalue weighted by atomic mass is 10.1. The Morgan fingerprint density at radius 1 is 0.880 bits per heavy atom. The van der Waals surface area contributed by atoms with E-state index in [0.29, 0.717) is 5.03 Å². The van der Waals surface area contributed by atoms with Crippen LogP contribution in [0, 0.1) is 0 Å². The van der Waals surface area contributed by atoms with Crippen molar-refractivity contribution in [1.82, 2.24) is 0 Å². The third-order valence-electron chi connectivity index (χ3n) is 3.62. The second-order valence-corrected chi connectivity index (χ2v) is 7.17. The zero-order chi connectivity index (χ0) is 17.5. The number of halogens is 1. The molecule has 3 rings (SSSR count). The van der Waals surface area contributed by atoms with Crippen LogP contribution >= 0.6 is 22.9 Å². The van der Waals surface area contributed by atoms with Crippen LogP contribution in [0.4, 0.5) is 0 Å². The highest BCUT2D eigenvalue weighted by Crippen LogP contribution is 2.21. The van der Waals surface area contributed by atoms with Crippen LogP contribution in [-0.4, -0.2) is 5.78 Å². The number of carbonyl (C=O) groups is 1. The van der Waals surface area contributed by atoms with Gasteiger partial charge in [0.1, 0.15) is 0 Å². The molecule has 3 aromatic rings. The number of carbonyl (C=O) groups excluding carboxylic acids is 1. The smallest absolute Gasteiger partial charge is 0.195 e. The number of hydrogen-bond donors (Lipinski definition) is 0. The van der Waals surface area contributed by atoms with E-state index < -0.39 is 0 Å². The fourth-order valence-corrected chi connectivity index (χ4v) is 3.55. The van der Waals surface area contributed by atoms with Crippen molar-refractivity contribution in [3.05, 3.63) is 111 Å². The summed E-state index contributed by atoms with van der Waals surface area (Å²) in [5.41, 5.74) is 2.25. The summed E-state index contributed by atoms with van der Waals surface area (Å²) in [6.45, 7) is 0. The van der Waals surface area contributed by atoms with Gasteiger partial charge in [0.25, 0.3) is 0 Å². The molecule has 25 heavy (non-hydrogen) atoms. The molecule has 0 unspecified atom stereocenters. The molecule has 0 aliphatic carbocycles. The molecule has 0 N–H and O–H groups in total. The first-order chi connectivity index (χ1) is 12.2. The van der Waals surface area contributed by atoms with Crippen molar-refractivity contribution in [2.45, 2.75) is 6.42 Å². The van der Waals surface area contributed by atoms with Crippen LogP contribution in [0.5, 0.6) is 0 Å². The molecule has 3 heteroatoms. The van der Waals surface area contributed by atoms with E-state index in [4.69, 9.17) is 11.6 Å². The molecule has 2 aromatic carbocycles. The first kappa shape index (κ1) is 17.4. The van der Waals surface area contributed by atoms with Crippen LogP contribution < -0.4 is 0 Å². The van der Waals surface area contributed by atoms with Gasteiger partial charge >= 0.3 is 0 Å². The van der Waals surface area contributed by atoms with E-state index in [2.05, 4.69) is 12.1 Å². The van der Waals surface area contributed by atoms with Crippen molar-refractivity contribution in [3.8, 4) is 0 Å². The zero-order valence-corrected chi connectivity index (χ0v) is 15.1. The van der Waals surface area contributed by atoms with E-state index in [0.717, 1.165) is 16.9 Å². The minimum Gasteiger partial charge on any atom is -0.288 e. The van der Waals surface area contributed by atoms with E-state index in [9.17, 15) is 4.79 Å². The lowest BCUT2D eigenvalue weighted by Crippen LogP contribution is -1.89. The quantitative estimate of drug-likeness (QED) is 0.282. The zero-order valence-electron chi connectivity index (χ0n) is 13.6. The number of allylic oxidation sites excluding steroid dienone is 3. The Bertz CT molecular complexity index is 892. The van der Waals surface area contributed by atoms with E-state index >= 15 is 0 Å². The fraction of sp³-hybridized carbons (Fsp3) is 0.0455. The summed E-state index contributed by atoms with van der Waals surface area (Å²) >= 11 is 7.71. The third kappa shape index (κ3) is 5.28. The Hall–Kier alpha value is -2.42. The van der Waals surface area contributed by atoms with Crippen LogP contribution in [0.25, 0.3) is 6.08 Å². The monoisotopic (exact) mass is 364 g/mol. The molecule has 0 fully saturated rings. The molecule has 0 atom stereocenters. The second kappa shape index (κ2) is 8.61. The highest BCUT2D eigenvalue weighted by atomic mass is 35.5. The maximum atomic E-state index is 12.3. The highest BCUT2D eigenvalue weighted by Gasteiger charge is 2.07. The summed E-state index contributed by atoms with van der Waals surface area (Å²) in [7, 11) is 0. The number of ketones is 1. The van der Waals surface area contributed by atoms with Crippen molar-refractivity contribution in [2.75, 3.05) is 0 Å². The SMILES string of the molecule is O=C(/C=C/C(Cl)=C/c1ccccc1)c1ccc(Cc2ccccc2)s1. The average molecular weight is 365 g/mol. The van der Waals surface area contributed by atoms with Crippen LogP contribution in [-0.2, 0) is 6.42 Å². The predicted octanol–water partition coefficient (Wildman–Crippen LogP) is 6.36. The molecular formula is C22H17ClOS. The van der Waals surface area contributed by atoms with Gasteiger partial charge in [0, 0.05) is 16.3 Å². The maximum Gasteiger partial charge on any atom is 0.195 e. The molecular weight excluding hydrogens is 348 g/mol. The van der Waals surface area contributed by atoms with Gasteiger partial charge in [-0.3, -0.25) is 4.79 Å². The number of rotatable bonds is 6. The number of benzene rings is 2. The van der Waals surface area contributed by atoms with Crippen molar-refractivity contribution in [2.24, 2.45) is 0 Å². The minimum atomic E-state index is -0.0241. The molecule has 0 amide bonds. The molecule has 0 radical (unpaired) electrons. The van der Waals surface area contributed by atoms with Gasteiger partial charge in [-0.15, -0.1) is 11.3 Å². The van der Waals surface area contributed by atoms with E-state index in [1.807, 2.05) is 66.7 Å². The van der Waals surface area contributed by atoms with Crippen molar-refractivity contribution < 1.29 is 4.79 Å². The molecule has 1 nitrogen and oxygen atoms in total. The summed E-state index contributed by atoms with van der Waals surface area (Å²) in [4.78, 5) is 14.2. The molecule has 0 aliphatic rings. The third-order valence-corrected chi connectivity index (χ3v) is 4.96. The Morgan fingerprint density at radius 3 is 2.28 bits per heavy atom. The summed E-state index contributed by atoms with van der Waals surface area (Å²) in [6, 6.07) is 23.9. The highest BCUT2D eigenvalue weighted by molar-refractivity contribution is 7.14. The van der Waals surface area contributed by atoms with Crippen molar-refractivity contribution >= 4 is 34.8 Å². The molecule has 0 aliphatic heterocycles. The standard InChI is InChI=1S/C22H17ClOS/c23-19(15-17-7-3-1-4-8-17)11-13-21(24)22-14-12-20(25-22)16-18-9-5-2-6-10-18/h1-15H,16H2/b13-11+,19-15-. The van der Waals surface area contributed by atoms with Gasteiger partial charge in [-0.05, 0) is 41.5 Å². The minimum absolute atomic E-state index is 0.0241. The van der Waals surface area contributed by atoms with E-state index in [1.54, 1.807) is 6.08 Å². The lowest BCUT2D eigenvalue weighted by molar-refractivity contribution is 0.105. The van der Waals surface area contributed by atoms with Crippen LogP contribution in [0.3, 0.4) is 0 Å². The molecule has 1 aromatic heterocycles. The van der Waals surface area contributed by atoms with E-state index in [1.165, 1.54) is 27.9 Å². The normalized spacial score (nSPS) is 11.8. The van der Waals surface area contributed by atoms with E-state index in [-0.39, 0.29) is 5.78 Å². The first-order valence-corrected chi connectivity index (χ1v) is 9.17. The van der Waals surface area contributed by atoms with Crippen LogP contribution in [0.15, 0.2) is 90.0 Å². The Balaban J connectivity index is 1.64. The molecule has 0 bridgehead atoms. The van der Waals surface area contributed by atoms with Gasteiger partial charge in [0.2, 0.25) is 0 Å². The van der Waals surface area contributed by atoms with Gasteiger partial charge < -0.3 is 0 Å². The lowest BCUT2D eigenvalue weighted by Gasteiger charge is -1.97. The fourth-order valence-electron chi connectivity index (χ4n) is 2.40. The van der Waals surface area contributed by atoms with Gasteiger partial charge in [-0.1, -0.05) is 72.3 Å². The van der Waals surface area contributed by atoms with Gasteiger partial charge in [0.15, 0.2) is 5.78 Å². The van der Waals surface area contributed by atoms with Crippen molar-refractivity contribution in [1.29, 1.82) is 0 Å². The predicted molar refractivity (Wildman–Crippen MR) is 107 cm³/mol. The average Bonchev–Trinajstić information content (AvgIpc) is 3.10. The van der Waals surface area contributed by atoms with Crippen molar-refractivity contribution in [3.63, 3.8) is 0 Å². The molecule has 0 saturated heterocycles. The molecule has 0 saturated carbocycles. The summed E-state index contributed by atoms with van der Waals surface area (Å²) in [5, 5.41) is 0.528. The summed E-state index contributed by atoms with van der Waals surface area (Å²) < 4.78 is 0. The maximum absolute atomic E-state index is 12.3. The van der Waals surface area contributed by atoms with Gasteiger partial charge in [-0.25, -0.2) is 0 Å². The first-order valence-electron chi connectivity index (χ1n) is 7.98. The Morgan fingerprint density at radius 2 is 1.56 bits per heavy atom. The van der Waals surface area contributed by atoms with Crippen LogP contribution in [0.2, 0.25) is 0 Å². The van der Waals surface area contributed by atoms with Crippen LogP contribution in [0.1, 0.15) is 25.7 Å². The molecule has 124 valence electrons. The topological polar surface area (TPSA) is 17.1 Å². The number of thiophene rings is 1. The summed E-state index contributed by atoms with van der Waals surface area (Å²) in [5.74, 6) is -0.0241. The summed E-state index contributed by atoms with van der Waals surface area (Å²) in [6.07, 6.45) is 5.85. The molecule has 0 spiro atoms. The largest absolute Gasteiger partial charge is 0.288 e.